The van der Waals surface area contributed by atoms with E-state index in [4.69, 9.17) is 5.73 Å². The van der Waals surface area contributed by atoms with E-state index in [0.717, 1.165) is 11.3 Å². The van der Waals surface area contributed by atoms with Crippen molar-refractivity contribution in [3.63, 3.8) is 0 Å². The van der Waals surface area contributed by atoms with E-state index in [1.807, 2.05) is 13.8 Å². The molecule has 6 heteroatoms. The van der Waals surface area contributed by atoms with Crippen LogP contribution < -0.4 is 15.9 Å². The molecule has 1 amide bonds. The Morgan fingerprint density at radius 3 is 2.47 bits per heavy atom. The Balaban J connectivity index is 2.64. The zero-order chi connectivity index (χ0) is 13.3. The third-order valence-electron chi connectivity index (χ3n) is 3.19. The molecule has 4 N–H and O–H groups in total. The van der Waals surface area contributed by atoms with Crippen molar-refractivity contribution in [3.8, 4) is 0 Å². The maximum absolute atomic E-state index is 12.0. The molecule has 0 radical (unpaired) electrons. The van der Waals surface area contributed by atoms with E-state index >= 15 is 0 Å². The predicted molar refractivity (Wildman–Crippen MR) is 68.8 cm³/mol. The van der Waals surface area contributed by atoms with E-state index in [1.54, 1.807) is 19.2 Å². The highest BCUT2D eigenvalue weighted by atomic mass is 32.1. The molecule has 0 spiro atoms. The molecule has 0 bridgehead atoms. The molecule has 0 aliphatic carbocycles. The van der Waals surface area contributed by atoms with Gasteiger partial charge in [0.15, 0.2) is 0 Å². The van der Waals surface area contributed by atoms with Gasteiger partial charge in [0.2, 0.25) is 5.91 Å². The number of aromatic nitrogens is 1. The van der Waals surface area contributed by atoms with Crippen molar-refractivity contribution >= 4 is 17.2 Å². The highest BCUT2D eigenvalue weighted by Crippen LogP contribution is 2.28. The molecule has 0 saturated heterocycles. The number of thiazole rings is 1. The lowest BCUT2D eigenvalue weighted by atomic mass is 9.74. The van der Waals surface area contributed by atoms with Gasteiger partial charge in [-0.25, -0.2) is 0 Å². The van der Waals surface area contributed by atoms with E-state index in [9.17, 15) is 9.59 Å². The minimum atomic E-state index is -0.677. The van der Waals surface area contributed by atoms with E-state index in [1.165, 1.54) is 0 Å². The summed E-state index contributed by atoms with van der Waals surface area (Å²) in [6.07, 6.45) is 0. The van der Waals surface area contributed by atoms with Gasteiger partial charge in [-0.3, -0.25) is 9.59 Å². The van der Waals surface area contributed by atoms with Crippen LogP contribution in [0.2, 0.25) is 0 Å². The molecule has 0 aliphatic heterocycles. The molecular formula is C11H19N3O2S. The summed E-state index contributed by atoms with van der Waals surface area (Å²) in [5.74, 6) is -0.128. The van der Waals surface area contributed by atoms with Crippen LogP contribution in [0.15, 0.2) is 10.2 Å². The first kappa shape index (κ1) is 13.9. The monoisotopic (exact) mass is 257 g/mol. The molecule has 17 heavy (non-hydrogen) atoms. The van der Waals surface area contributed by atoms with Gasteiger partial charge in [0.25, 0.3) is 0 Å². The van der Waals surface area contributed by atoms with Crippen LogP contribution in [0.3, 0.4) is 0 Å². The largest absolute Gasteiger partial charge is 0.350 e. The second kappa shape index (κ2) is 4.62. The number of aromatic amines is 1. The summed E-state index contributed by atoms with van der Waals surface area (Å²) in [6, 6.07) is 0. The molecule has 1 heterocycles. The van der Waals surface area contributed by atoms with Gasteiger partial charge in [-0.15, -0.1) is 0 Å². The normalized spacial score (nSPS) is 12.5. The van der Waals surface area contributed by atoms with E-state index in [0.29, 0.717) is 12.2 Å². The maximum atomic E-state index is 12.0. The van der Waals surface area contributed by atoms with Gasteiger partial charge >= 0.3 is 4.87 Å². The minimum absolute atomic E-state index is 0.118. The molecule has 0 saturated carbocycles. The van der Waals surface area contributed by atoms with E-state index in [-0.39, 0.29) is 10.8 Å². The summed E-state index contributed by atoms with van der Waals surface area (Å²) in [4.78, 5) is 25.5. The van der Waals surface area contributed by atoms with Crippen molar-refractivity contribution in [3.05, 3.63) is 20.7 Å². The number of nitrogens with one attached hydrogen (secondary N) is 2. The van der Waals surface area contributed by atoms with Gasteiger partial charge < -0.3 is 16.0 Å². The first-order chi connectivity index (χ1) is 7.64. The van der Waals surface area contributed by atoms with Crippen molar-refractivity contribution in [2.24, 2.45) is 11.1 Å². The molecule has 96 valence electrons. The molecule has 0 fully saturated rings. The van der Waals surface area contributed by atoms with Crippen molar-refractivity contribution in [1.29, 1.82) is 0 Å². The average molecular weight is 257 g/mol. The van der Waals surface area contributed by atoms with Crippen LogP contribution in [0.5, 0.6) is 0 Å². The first-order valence-electron chi connectivity index (χ1n) is 5.38. The second-order valence-electron chi connectivity index (χ2n) is 5.20. The summed E-state index contributed by atoms with van der Waals surface area (Å²) in [5.41, 5.74) is 5.39. The van der Waals surface area contributed by atoms with Gasteiger partial charge in [-0.2, -0.15) is 0 Å². The number of carbonyl (C=O) groups is 1. The topological polar surface area (TPSA) is 88.0 Å². The Morgan fingerprint density at radius 2 is 2.06 bits per heavy atom. The molecule has 5 nitrogen and oxygen atoms in total. The number of amides is 1. The molecule has 1 aromatic heterocycles. The Hall–Kier alpha value is -1.14. The third kappa shape index (κ3) is 3.17. The number of hydrogen-bond donors (Lipinski definition) is 3. The Kier molecular flexibility index (Phi) is 3.78. The summed E-state index contributed by atoms with van der Waals surface area (Å²) < 4.78 is 0. The molecular weight excluding hydrogens is 238 g/mol. The van der Waals surface area contributed by atoms with Crippen LogP contribution in [-0.4, -0.2) is 16.4 Å². The van der Waals surface area contributed by atoms with Crippen molar-refractivity contribution in [1.82, 2.24) is 10.3 Å². The van der Waals surface area contributed by atoms with Gasteiger partial charge in [0.05, 0.1) is 12.0 Å². The average Bonchev–Trinajstić information content (AvgIpc) is 2.58. The molecule has 0 aliphatic rings. The zero-order valence-corrected chi connectivity index (χ0v) is 11.4. The van der Waals surface area contributed by atoms with Gasteiger partial charge in [0.1, 0.15) is 0 Å². The Labute approximate surface area is 104 Å². The summed E-state index contributed by atoms with van der Waals surface area (Å²) in [5, 5.41) is 4.47. The van der Waals surface area contributed by atoms with Crippen LogP contribution in [-0.2, 0) is 11.3 Å². The smallest absolute Gasteiger partial charge is 0.304 e. The van der Waals surface area contributed by atoms with Crippen LogP contribution in [0.25, 0.3) is 0 Å². The number of hydrogen-bond acceptors (Lipinski definition) is 4. The minimum Gasteiger partial charge on any atom is -0.350 e. The molecule has 1 aromatic rings. The fourth-order valence-corrected chi connectivity index (χ4v) is 1.67. The fraction of sp³-hybridized carbons (Fsp3) is 0.636. The zero-order valence-electron chi connectivity index (χ0n) is 10.6. The maximum Gasteiger partial charge on any atom is 0.304 e. The van der Waals surface area contributed by atoms with Crippen molar-refractivity contribution < 1.29 is 4.79 Å². The summed E-state index contributed by atoms with van der Waals surface area (Å²) in [6.45, 7) is 7.56. The molecule has 0 unspecified atom stereocenters. The predicted octanol–water partition coefficient (Wildman–Crippen LogP) is 0.816. The second-order valence-corrected chi connectivity index (χ2v) is 6.04. The van der Waals surface area contributed by atoms with Gasteiger partial charge in [-0.05, 0) is 27.7 Å². The number of carbonyl (C=O) groups excluding carboxylic acids is 1. The first-order valence-corrected chi connectivity index (χ1v) is 6.26. The van der Waals surface area contributed by atoms with Crippen LogP contribution >= 0.6 is 11.3 Å². The lowest BCUT2D eigenvalue weighted by Gasteiger charge is -2.36. The lowest BCUT2D eigenvalue weighted by Crippen LogP contribution is -2.55. The molecule has 1 rings (SSSR count). The Morgan fingerprint density at radius 1 is 1.47 bits per heavy atom. The fourth-order valence-electron chi connectivity index (χ4n) is 1.09. The quantitative estimate of drug-likeness (QED) is 0.746. The van der Waals surface area contributed by atoms with E-state index in [2.05, 4.69) is 10.3 Å². The highest BCUT2D eigenvalue weighted by Gasteiger charge is 2.40. The van der Waals surface area contributed by atoms with Gasteiger partial charge in [0, 0.05) is 16.6 Å². The third-order valence-corrected chi connectivity index (χ3v) is 3.91. The summed E-state index contributed by atoms with van der Waals surface area (Å²) in [7, 11) is 0. The van der Waals surface area contributed by atoms with Crippen LogP contribution in [0.1, 0.15) is 33.4 Å². The van der Waals surface area contributed by atoms with Crippen molar-refractivity contribution in [2.75, 3.05) is 0 Å². The lowest BCUT2D eigenvalue weighted by molar-refractivity contribution is -0.132. The SMILES string of the molecule is CC(C)(N)C(C)(C)C(=O)NCc1csc(=O)[nH]1. The molecule has 0 aromatic carbocycles. The van der Waals surface area contributed by atoms with Crippen LogP contribution in [0.4, 0.5) is 0 Å². The van der Waals surface area contributed by atoms with E-state index < -0.39 is 11.0 Å². The number of H-pyrrole nitrogens is 1. The number of rotatable bonds is 4. The van der Waals surface area contributed by atoms with Gasteiger partial charge in [-0.1, -0.05) is 11.3 Å². The Bertz CT molecular complexity index is 454. The van der Waals surface area contributed by atoms with Crippen molar-refractivity contribution in [2.45, 2.75) is 39.8 Å². The standard InChI is InChI=1S/C11H19N3O2S/c1-10(2,11(3,4)12)8(15)13-5-7-6-17-9(16)14-7/h6H,5,12H2,1-4H3,(H,13,15)(H,14,16). The summed E-state index contributed by atoms with van der Waals surface area (Å²) >= 11 is 1.08. The number of nitrogens with two attached hydrogens (primary N) is 1. The van der Waals surface area contributed by atoms with Crippen LogP contribution in [0, 0.1) is 5.41 Å². The highest BCUT2D eigenvalue weighted by molar-refractivity contribution is 7.07. The molecule has 0 atom stereocenters.